The SMILES string of the molecule is CN[C@H](C(=O)NC(C(=O)N(C)C/C=C(\C)C(=O)NCCN1C(=O)C=CC1=O)C(C)(C)C)C(C)(C)C1=CCCC=C1. The van der Waals surface area contributed by atoms with Crippen LogP contribution in [0.15, 0.2) is 47.6 Å². The number of nitrogens with zero attached hydrogens (tertiary/aromatic N) is 2. The van der Waals surface area contributed by atoms with Gasteiger partial charge in [-0.25, -0.2) is 0 Å². The zero-order valence-electron chi connectivity index (χ0n) is 25.1. The van der Waals surface area contributed by atoms with Crippen molar-refractivity contribution in [3.05, 3.63) is 47.6 Å². The summed E-state index contributed by atoms with van der Waals surface area (Å²) in [5, 5.41) is 8.82. The molecule has 5 amide bonds. The molecule has 1 unspecified atom stereocenters. The minimum absolute atomic E-state index is 0.0764. The number of rotatable bonds is 12. The molecule has 1 heterocycles. The van der Waals surface area contributed by atoms with Crippen molar-refractivity contribution in [1.82, 2.24) is 25.8 Å². The summed E-state index contributed by atoms with van der Waals surface area (Å²) < 4.78 is 0. The van der Waals surface area contributed by atoms with Crippen LogP contribution in [0, 0.1) is 10.8 Å². The molecule has 0 aromatic rings. The fourth-order valence-corrected chi connectivity index (χ4v) is 4.70. The van der Waals surface area contributed by atoms with Gasteiger partial charge in [0.25, 0.3) is 11.8 Å². The van der Waals surface area contributed by atoms with Crippen LogP contribution in [-0.4, -0.2) is 85.1 Å². The summed E-state index contributed by atoms with van der Waals surface area (Å²) >= 11 is 0. The van der Waals surface area contributed by atoms with Crippen molar-refractivity contribution in [2.45, 2.75) is 66.5 Å². The van der Waals surface area contributed by atoms with Gasteiger partial charge in [-0.2, -0.15) is 0 Å². The minimum atomic E-state index is -0.792. The molecule has 0 fully saturated rings. The second-order valence-electron chi connectivity index (χ2n) is 11.9. The molecule has 2 rings (SSSR count). The highest BCUT2D eigenvalue weighted by Crippen LogP contribution is 2.34. The third kappa shape index (κ3) is 8.24. The van der Waals surface area contributed by atoms with E-state index in [9.17, 15) is 24.0 Å². The van der Waals surface area contributed by atoms with Crippen LogP contribution in [0.3, 0.4) is 0 Å². The fraction of sp³-hybridized carbons (Fsp3) is 0.567. The van der Waals surface area contributed by atoms with Gasteiger partial charge in [-0.05, 0) is 37.8 Å². The van der Waals surface area contributed by atoms with Crippen LogP contribution in [0.1, 0.15) is 54.4 Å². The van der Waals surface area contributed by atoms with Gasteiger partial charge < -0.3 is 20.9 Å². The highest BCUT2D eigenvalue weighted by Gasteiger charge is 2.41. The van der Waals surface area contributed by atoms with E-state index in [0.29, 0.717) is 5.57 Å². The molecule has 10 heteroatoms. The number of carbonyl (C=O) groups excluding carboxylic acids is 5. The van der Waals surface area contributed by atoms with Gasteiger partial charge >= 0.3 is 0 Å². The molecule has 3 N–H and O–H groups in total. The number of hydrogen-bond acceptors (Lipinski definition) is 6. The largest absolute Gasteiger partial charge is 0.351 e. The van der Waals surface area contributed by atoms with Gasteiger partial charge in [0.2, 0.25) is 17.7 Å². The molecule has 2 aliphatic rings. The first-order valence-electron chi connectivity index (χ1n) is 13.7. The molecule has 1 aliphatic heterocycles. The molecular weight excluding hydrogens is 510 g/mol. The number of nitrogens with one attached hydrogen (secondary N) is 3. The lowest BCUT2D eigenvalue weighted by molar-refractivity contribution is -0.139. The molecule has 2 atom stereocenters. The molecule has 1 aliphatic carbocycles. The van der Waals surface area contributed by atoms with E-state index in [1.54, 1.807) is 27.1 Å². The normalized spacial score (nSPS) is 17.4. The van der Waals surface area contributed by atoms with E-state index in [1.165, 1.54) is 17.1 Å². The lowest BCUT2D eigenvalue weighted by Crippen LogP contribution is -2.60. The Kier molecular flexibility index (Phi) is 11.2. The highest BCUT2D eigenvalue weighted by atomic mass is 16.2. The predicted octanol–water partition coefficient (Wildman–Crippen LogP) is 1.85. The van der Waals surface area contributed by atoms with Gasteiger partial charge in [-0.1, -0.05) is 58.9 Å². The summed E-state index contributed by atoms with van der Waals surface area (Å²) in [4.78, 5) is 65.3. The van der Waals surface area contributed by atoms with Crippen molar-refractivity contribution >= 4 is 29.5 Å². The Morgan fingerprint density at radius 3 is 2.17 bits per heavy atom. The Labute approximate surface area is 238 Å². The van der Waals surface area contributed by atoms with Crippen LogP contribution in [0.5, 0.6) is 0 Å². The Hall–Kier alpha value is -3.53. The topological polar surface area (TPSA) is 128 Å². The van der Waals surface area contributed by atoms with Gasteiger partial charge in [0, 0.05) is 49.8 Å². The van der Waals surface area contributed by atoms with Crippen LogP contribution in [0.25, 0.3) is 0 Å². The molecule has 0 aromatic carbocycles. The summed E-state index contributed by atoms with van der Waals surface area (Å²) in [5.74, 6) is -1.70. The van der Waals surface area contributed by atoms with E-state index in [2.05, 4.69) is 34.2 Å². The zero-order chi connectivity index (χ0) is 30.3. The lowest BCUT2D eigenvalue weighted by Gasteiger charge is -2.38. The first-order valence-corrected chi connectivity index (χ1v) is 13.7. The lowest BCUT2D eigenvalue weighted by atomic mass is 9.74. The molecule has 40 heavy (non-hydrogen) atoms. The van der Waals surface area contributed by atoms with Gasteiger partial charge in [0.15, 0.2) is 0 Å². The maximum absolute atomic E-state index is 13.5. The van der Waals surface area contributed by atoms with E-state index in [1.807, 2.05) is 34.6 Å². The zero-order valence-corrected chi connectivity index (χ0v) is 25.1. The smallest absolute Gasteiger partial charge is 0.253 e. The van der Waals surface area contributed by atoms with Crippen molar-refractivity contribution in [1.29, 1.82) is 0 Å². The molecule has 0 aromatic heterocycles. The standard InChI is InChI=1S/C30H45N5O5/c1-20(26(38)32-17-19-35-22(36)14-15-23(35)37)16-18-34(8)28(40)25(29(2,3)4)33-27(39)24(31-7)30(5,6)21-12-10-9-11-13-21/h10,12-16,24-25,31H,9,11,17-19H2,1-8H3,(H,32,38)(H,33,39)/b20-16+/t24-,25?/m1/s1. The summed E-state index contributed by atoms with van der Waals surface area (Å²) in [6, 6.07) is -1.35. The van der Waals surface area contributed by atoms with Crippen molar-refractivity contribution in [3.8, 4) is 0 Å². The van der Waals surface area contributed by atoms with Gasteiger partial charge in [-0.15, -0.1) is 0 Å². The fourth-order valence-electron chi connectivity index (χ4n) is 4.70. The summed E-state index contributed by atoms with van der Waals surface area (Å²) in [5.41, 5.74) is 0.409. The number of hydrogen-bond donors (Lipinski definition) is 3. The monoisotopic (exact) mass is 555 g/mol. The number of imide groups is 1. The first kappa shape index (κ1) is 32.7. The predicted molar refractivity (Wildman–Crippen MR) is 155 cm³/mol. The Morgan fingerprint density at radius 1 is 1.02 bits per heavy atom. The highest BCUT2D eigenvalue weighted by molar-refractivity contribution is 6.12. The van der Waals surface area contributed by atoms with E-state index >= 15 is 0 Å². The second kappa shape index (κ2) is 13.7. The Balaban J connectivity index is 2.02. The number of carbonyl (C=O) groups is 5. The molecule has 0 saturated heterocycles. The van der Waals surface area contributed by atoms with Crippen molar-refractivity contribution in [2.75, 3.05) is 33.7 Å². The second-order valence-corrected chi connectivity index (χ2v) is 11.9. The molecule has 0 radical (unpaired) electrons. The Bertz CT molecular complexity index is 1110. The number of allylic oxidation sites excluding steroid dienone is 3. The van der Waals surface area contributed by atoms with E-state index in [0.717, 1.165) is 23.3 Å². The van der Waals surface area contributed by atoms with Crippen LogP contribution in [-0.2, 0) is 24.0 Å². The van der Waals surface area contributed by atoms with Gasteiger partial charge in [0.1, 0.15) is 6.04 Å². The number of amides is 5. The van der Waals surface area contributed by atoms with Crippen LogP contribution in [0.2, 0.25) is 0 Å². The minimum Gasteiger partial charge on any atom is -0.351 e. The van der Waals surface area contributed by atoms with E-state index < -0.39 is 34.7 Å². The Morgan fingerprint density at radius 2 is 1.65 bits per heavy atom. The van der Waals surface area contributed by atoms with Crippen molar-refractivity contribution in [2.24, 2.45) is 10.8 Å². The van der Waals surface area contributed by atoms with Crippen LogP contribution < -0.4 is 16.0 Å². The number of likely N-dealkylation sites (N-methyl/N-ethyl adjacent to an activating group) is 2. The average molecular weight is 556 g/mol. The van der Waals surface area contributed by atoms with Crippen molar-refractivity contribution < 1.29 is 24.0 Å². The van der Waals surface area contributed by atoms with Crippen molar-refractivity contribution in [3.63, 3.8) is 0 Å². The molecule has 0 spiro atoms. The summed E-state index contributed by atoms with van der Waals surface area (Å²) in [6.07, 6.45) is 12.3. The van der Waals surface area contributed by atoms with Crippen LogP contribution >= 0.6 is 0 Å². The van der Waals surface area contributed by atoms with E-state index in [4.69, 9.17) is 0 Å². The molecular formula is C30H45N5O5. The van der Waals surface area contributed by atoms with E-state index in [-0.39, 0.29) is 37.4 Å². The third-order valence-electron chi connectivity index (χ3n) is 7.34. The molecule has 0 bridgehead atoms. The summed E-state index contributed by atoms with van der Waals surface area (Å²) in [6.45, 7) is 11.7. The third-order valence-corrected chi connectivity index (χ3v) is 7.34. The maximum atomic E-state index is 13.5. The molecule has 10 nitrogen and oxygen atoms in total. The average Bonchev–Trinajstić information content (AvgIpc) is 3.22. The molecule has 0 saturated carbocycles. The van der Waals surface area contributed by atoms with Gasteiger partial charge in [-0.3, -0.25) is 28.9 Å². The van der Waals surface area contributed by atoms with Gasteiger partial charge in [0.05, 0.1) is 6.04 Å². The van der Waals surface area contributed by atoms with Crippen LogP contribution in [0.4, 0.5) is 0 Å². The summed E-state index contributed by atoms with van der Waals surface area (Å²) in [7, 11) is 3.37. The quantitative estimate of drug-likeness (QED) is 0.249. The molecule has 220 valence electrons. The maximum Gasteiger partial charge on any atom is 0.253 e. The first-order chi connectivity index (χ1) is 18.6.